The summed E-state index contributed by atoms with van der Waals surface area (Å²) in [6, 6.07) is 9.70. The van der Waals surface area contributed by atoms with Crippen LogP contribution < -0.4 is 10.2 Å². The van der Waals surface area contributed by atoms with E-state index >= 15 is 0 Å². The van der Waals surface area contributed by atoms with Gasteiger partial charge in [-0.15, -0.1) is 0 Å². The molecular formula is C16H24N2S. The standard InChI is InChI=1S/C16H24N2S/c1-13-11-15(12-19-13)17-14-5-7-16(8-6-14)18-9-3-2-4-10-18/h5-8,13,15,17H,2-4,9-12H2,1H3. The molecule has 0 amide bonds. The molecule has 0 spiro atoms. The minimum absolute atomic E-state index is 0.654. The lowest BCUT2D eigenvalue weighted by molar-refractivity contribution is 0.578. The fraction of sp³-hybridized carbons (Fsp3) is 0.625. The number of anilines is 2. The van der Waals surface area contributed by atoms with Crippen LogP contribution in [0.1, 0.15) is 32.6 Å². The minimum Gasteiger partial charge on any atom is -0.381 e. The zero-order chi connectivity index (χ0) is 13.1. The Balaban J connectivity index is 1.59. The first-order valence-electron chi connectivity index (χ1n) is 7.54. The van der Waals surface area contributed by atoms with E-state index in [9.17, 15) is 0 Å². The zero-order valence-corrected chi connectivity index (χ0v) is 12.6. The number of hydrogen-bond donors (Lipinski definition) is 1. The fourth-order valence-corrected chi connectivity index (χ4v) is 4.22. The van der Waals surface area contributed by atoms with Gasteiger partial charge in [0.15, 0.2) is 0 Å². The number of nitrogens with one attached hydrogen (secondary N) is 1. The molecule has 1 aromatic carbocycles. The molecule has 2 nitrogen and oxygen atoms in total. The Bertz CT molecular complexity index is 398. The van der Waals surface area contributed by atoms with Gasteiger partial charge in [-0.25, -0.2) is 0 Å². The second-order valence-corrected chi connectivity index (χ2v) is 7.29. The highest BCUT2D eigenvalue weighted by Crippen LogP contribution is 2.29. The Hall–Kier alpha value is -0.830. The average molecular weight is 276 g/mol. The Kier molecular flexibility index (Phi) is 4.21. The van der Waals surface area contributed by atoms with E-state index in [4.69, 9.17) is 0 Å². The van der Waals surface area contributed by atoms with Gasteiger partial charge in [-0.05, 0) is 49.9 Å². The SMILES string of the molecule is CC1CC(Nc2ccc(N3CCCCC3)cc2)CS1. The van der Waals surface area contributed by atoms with Gasteiger partial charge in [-0.2, -0.15) is 11.8 Å². The number of nitrogens with zero attached hydrogens (tertiary/aromatic N) is 1. The Morgan fingerprint density at radius 1 is 1.11 bits per heavy atom. The smallest absolute Gasteiger partial charge is 0.0367 e. The number of benzene rings is 1. The van der Waals surface area contributed by atoms with Crippen LogP contribution in [0.5, 0.6) is 0 Å². The zero-order valence-electron chi connectivity index (χ0n) is 11.8. The van der Waals surface area contributed by atoms with Gasteiger partial charge in [-0.3, -0.25) is 0 Å². The molecule has 0 bridgehead atoms. The topological polar surface area (TPSA) is 15.3 Å². The molecule has 1 aromatic rings. The molecule has 0 aromatic heterocycles. The summed E-state index contributed by atoms with van der Waals surface area (Å²) in [4.78, 5) is 2.51. The van der Waals surface area contributed by atoms with Crippen molar-refractivity contribution in [2.24, 2.45) is 0 Å². The summed E-state index contributed by atoms with van der Waals surface area (Å²) < 4.78 is 0. The van der Waals surface area contributed by atoms with Crippen LogP contribution in [0, 0.1) is 0 Å². The van der Waals surface area contributed by atoms with Crippen LogP contribution in [0.4, 0.5) is 11.4 Å². The van der Waals surface area contributed by atoms with Gasteiger partial charge in [0.25, 0.3) is 0 Å². The summed E-state index contributed by atoms with van der Waals surface area (Å²) in [7, 11) is 0. The van der Waals surface area contributed by atoms with Gasteiger partial charge in [-0.1, -0.05) is 6.92 Å². The number of rotatable bonds is 3. The molecular weight excluding hydrogens is 252 g/mol. The largest absolute Gasteiger partial charge is 0.381 e. The molecule has 2 atom stereocenters. The average Bonchev–Trinajstić information content (AvgIpc) is 2.86. The number of thioether (sulfide) groups is 1. The van der Waals surface area contributed by atoms with Crippen molar-refractivity contribution in [1.82, 2.24) is 0 Å². The van der Waals surface area contributed by atoms with E-state index in [-0.39, 0.29) is 0 Å². The first-order valence-corrected chi connectivity index (χ1v) is 8.59. The molecule has 0 aliphatic carbocycles. The third-order valence-corrected chi connectivity index (χ3v) is 5.51. The molecule has 104 valence electrons. The highest BCUT2D eigenvalue weighted by atomic mass is 32.2. The third-order valence-electron chi connectivity index (χ3n) is 4.16. The monoisotopic (exact) mass is 276 g/mol. The van der Waals surface area contributed by atoms with Crippen LogP contribution in [0.2, 0.25) is 0 Å². The maximum Gasteiger partial charge on any atom is 0.0367 e. The molecule has 2 aliphatic heterocycles. The van der Waals surface area contributed by atoms with Gasteiger partial charge in [0, 0.05) is 41.5 Å². The van der Waals surface area contributed by atoms with Gasteiger partial charge in [0.2, 0.25) is 0 Å². The van der Waals surface area contributed by atoms with Crippen LogP contribution in [0.25, 0.3) is 0 Å². The maximum atomic E-state index is 3.66. The predicted molar refractivity (Wildman–Crippen MR) is 86.5 cm³/mol. The Morgan fingerprint density at radius 3 is 2.47 bits per heavy atom. The number of piperidine rings is 1. The Labute approximate surface area is 121 Å². The molecule has 2 aliphatic rings. The van der Waals surface area contributed by atoms with Crippen LogP contribution in [0.3, 0.4) is 0 Å². The fourth-order valence-electron chi connectivity index (χ4n) is 3.07. The molecule has 2 heterocycles. The van der Waals surface area contributed by atoms with Crippen molar-refractivity contribution in [3.05, 3.63) is 24.3 Å². The molecule has 1 N–H and O–H groups in total. The third kappa shape index (κ3) is 3.38. The molecule has 19 heavy (non-hydrogen) atoms. The second-order valence-electron chi connectivity index (χ2n) is 5.82. The highest BCUT2D eigenvalue weighted by Gasteiger charge is 2.21. The minimum atomic E-state index is 0.654. The maximum absolute atomic E-state index is 3.66. The van der Waals surface area contributed by atoms with E-state index in [1.54, 1.807) is 0 Å². The first kappa shape index (κ1) is 13.2. The summed E-state index contributed by atoms with van der Waals surface area (Å²) in [5.41, 5.74) is 2.67. The van der Waals surface area contributed by atoms with Crippen LogP contribution in [-0.2, 0) is 0 Å². The lowest BCUT2D eigenvalue weighted by atomic mass is 10.1. The van der Waals surface area contributed by atoms with Crippen LogP contribution in [0.15, 0.2) is 24.3 Å². The summed E-state index contributed by atoms with van der Waals surface area (Å²) >= 11 is 2.08. The lowest BCUT2D eigenvalue weighted by Gasteiger charge is -2.29. The van der Waals surface area contributed by atoms with Gasteiger partial charge < -0.3 is 10.2 Å². The Morgan fingerprint density at radius 2 is 1.84 bits per heavy atom. The van der Waals surface area contributed by atoms with E-state index in [0.717, 1.165) is 5.25 Å². The van der Waals surface area contributed by atoms with Crippen molar-refractivity contribution in [1.29, 1.82) is 0 Å². The molecule has 3 heteroatoms. The molecule has 2 unspecified atom stereocenters. The molecule has 2 saturated heterocycles. The van der Waals surface area contributed by atoms with Gasteiger partial charge in [0.1, 0.15) is 0 Å². The number of hydrogen-bond acceptors (Lipinski definition) is 3. The molecule has 0 radical (unpaired) electrons. The summed E-state index contributed by atoms with van der Waals surface area (Å²) in [5, 5.41) is 4.47. The van der Waals surface area contributed by atoms with Gasteiger partial charge >= 0.3 is 0 Å². The molecule has 0 saturated carbocycles. The van der Waals surface area contributed by atoms with Crippen molar-refractivity contribution in [2.75, 3.05) is 29.1 Å². The van der Waals surface area contributed by atoms with Crippen molar-refractivity contribution in [2.45, 2.75) is 43.9 Å². The van der Waals surface area contributed by atoms with E-state index in [0.29, 0.717) is 6.04 Å². The first-order chi connectivity index (χ1) is 9.31. The molecule has 2 fully saturated rings. The highest BCUT2D eigenvalue weighted by molar-refractivity contribution is 8.00. The van der Waals surface area contributed by atoms with Crippen molar-refractivity contribution < 1.29 is 0 Å². The predicted octanol–water partition coefficient (Wildman–Crippen LogP) is 3.98. The van der Waals surface area contributed by atoms with E-state index in [1.165, 1.54) is 55.9 Å². The van der Waals surface area contributed by atoms with Crippen molar-refractivity contribution >= 4 is 23.1 Å². The molecule has 3 rings (SSSR count). The second kappa shape index (κ2) is 6.08. The van der Waals surface area contributed by atoms with Crippen LogP contribution >= 0.6 is 11.8 Å². The quantitative estimate of drug-likeness (QED) is 0.899. The van der Waals surface area contributed by atoms with E-state index in [1.807, 2.05) is 0 Å². The van der Waals surface area contributed by atoms with E-state index in [2.05, 4.69) is 53.2 Å². The van der Waals surface area contributed by atoms with Crippen molar-refractivity contribution in [3.63, 3.8) is 0 Å². The van der Waals surface area contributed by atoms with Gasteiger partial charge in [0.05, 0.1) is 0 Å². The lowest BCUT2D eigenvalue weighted by Crippen LogP contribution is -2.29. The van der Waals surface area contributed by atoms with E-state index < -0.39 is 0 Å². The summed E-state index contributed by atoms with van der Waals surface area (Å²) in [6.45, 7) is 4.78. The summed E-state index contributed by atoms with van der Waals surface area (Å²) in [5.74, 6) is 1.25. The van der Waals surface area contributed by atoms with Crippen molar-refractivity contribution in [3.8, 4) is 0 Å². The summed E-state index contributed by atoms with van der Waals surface area (Å²) in [6.07, 6.45) is 5.38. The van der Waals surface area contributed by atoms with Crippen LogP contribution in [-0.4, -0.2) is 30.1 Å². The normalized spacial score (nSPS) is 27.5.